The van der Waals surface area contributed by atoms with Crippen molar-refractivity contribution in [3.63, 3.8) is 0 Å². The lowest BCUT2D eigenvalue weighted by Gasteiger charge is -2.21. The first-order valence-corrected chi connectivity index (χ1v) is 8.89. The van der Waals surface area contributed by atoms with Gasteiger partial charge in [0.1, 0.15) is 17.3 Å². The number of para-hydroxylation sites is 1. The molecule has 26 heavy (non-hydrogen) atoms. The molecular weight excluding hydrogens is 453 g/mol. The normalized spacial score (nSPS) is 17.2. The zero-order valence-corrected chi connectivity index (χ0v) is 17.8. The standard InChI is InChI=1S/C18H28F2N4O.HI/c1-3-4-11-25-12-9-22-18(21-2)23-14-8-10-24(13-14)17-15(19)6-5-7-16(17)20;/h5-7,14H,3-4,8-13H2,1-2H3,(H2,21,22,23);1H. The summed E-state index contributed by atoms with van der Waals surface area (Å²) in [5.41, 5.74) is 0.0547. The summed E-state index contributed by atoms with van der Waals surface area (Å²) in [6.07, 6.45) is 2.98. The summed E-state index contributed by atoms with van der Waals surface area (Å²) in [6.45, 7) is 5.33. The van der Waals surface area contributed by atoms with Crippen LogP contribution >= 0.6 is 24.0 Å². The van der Waals surface area contributed by atoms with E-state index in [-0.39, 0.29) is 35.7 Å². The number of ether oxygens (including phenoxy) is 1. The quantitative estimate of drug-likeness (QED) is 0.259. The molecule has 2 N–H and O–H groups in total. The van der Waals surface area contributed by atoms with E-state index in [0.29, 0.717) is 32.2 Å². The van der Waals surface area contributed by atoms with Gasteiger partial charge in [0.05, 0.1) is 6.61 Å². The minimum atomic E-state index is -0.521. The SMILES string of the molecule is CCCCOCCNC(=NC)NC1CCN(c2c(F)cccc2F)C1.I. The summed E-state index contributed by atoms with van der Waals surface area (Å²) < 4.78 is 33.3. The largest absolute Gasteiger partial charge is 0.380 e. The van der Waals surface area contributed by atoms with Crippen LogP contribution in [0.25, 0.3) is 0 Å². The Morgan fingerprint density at radius 3 is 2.69 bits per heavy atom. The van der Waals surface area contributed by atoms with E-state index < -0.39 is 11.6 Å². The van der Waals surface area contributed by atoms with E-state index in [9.17, 15) is 8.78 Å². The summed E-state index contributed by atoms with van der Waals surface area (Å²) in [5, 5.41) is 6.50. The van der Waals surface area contributed by atoms with Crippen LogP contribution in [0.2, 0.25) is 0 Å². The van der Waals surface area contributed by atoms with Crippen LogP contribution < -0.4 is 15.5 Å². The van der Waals surface area contributed by atoms with E-state index in [4.69, 9.17) is 4.74 Å². The van der Waals surface area contributed by atoms with E-state index in [1.807, 2.05) is 0 Å². The fourth-order valence-electron chi connectivity index (χ4n) is 2.85. The molecule has 5 nitrogen and oxygen atoms in total. The molecule has 1 aliphatic heterocycles. The molecule has 1 aromatic rings. The highest BCUT2D eigenvalue weighted by Gasteiger charge is 2.27. The van der Waals surface area contributed by atoms with Crippen molar-refractivity contribution in [2.45, 2.75) is 32.2 Å². The smallest absolute Gasteiger partial charge is 0.191 e. The highest BCUT2D eigenvalue weighted by atomic mass is 127. The number of rotatable bonds is 8. The van der Waals surface area contributed by atoms with Gasteiger partial charge in [-0.25, -0.2) is 8.78 Å². The first-order chi connectivity index (χ1) is 12.2. The van der Waals surface area contributed by atoms with Gasteiger partial charge in [-0.05, 0) is 25.0 Å². The molecule has 0 saturated carbocycles. The maximum absolute atomic E-state index is 13.9. The predicted molar refractivity (Wildman–Crippen MR) is 113 cm³/mol. The molecule has 2 rings (SSSR count). The average Bonchev–Trinajstić information content (AvgIpc) is 3.05. The molecular formula is C18H29F2IN4O. The third-order valence-electron chi connectivity index (χ3n) is 4.19. The van der Waals surface area contributed by atoms with E-state index in [0.717, 1.165) is 25.9 Å². The minimum absolute atomic E-state index is 0. The molecule has 8 heteroatoms. The lowest BCUT2D eigenvalue weighted by atomic mass is 10.2. The summed E-state index contributed by atoms with van der Waals surface area (Å²) in [4.78, 5) is 5.93. The Morgan fingerprint density at radius 1 is 1.31 bits per heavy atom. The van der Waals surface area contributed by atoms with Crippen molar-refractivity contribution in [2.24, 2.45) is 4.99 Å². The Kier molecular flexibility index (Phi) is 10.8. The molecule has 1 aliphatic rings. The number of hydrogen-bond donors (Lipinski definition) is 2. The molecule has 0 bridgehead atoms. The molecule has 1 unspecified atom stereocenters. The number of nitrogens with one attached hydrogen (secondary N) is 2. The van der Waals surface area contributed by atoms with Crippen molar-refractivity contribution < 1.29 is 13.5 Å². The summed E-state index contributed by atoms with van der Waals surface area (Å²) in [6, 6.07) is 4.05. The third-order valence-corrected chi connectivity index (χ3v) is 4.19. The molecule has 148 valence electrons. The monoisotopic (exact) mass is 482 g/mol. The number of anilines is 1. The van der Waals surface area contributed by atoms with Gasteiger partial charge in [-0.1, -0.05) is 19.4 Å². The van der Waals surface area contributed by atoms with E-state index in [1.54, 1.807) is 11.9 Å². The molecule has 1 saturated heterocycles. The van der Waals surface area contributed by atoms with Gasteiger partial charge in [-0.15, -0.1) is 24.0 Å². The Balaban J connectivity index is 0.00000338. The van der Waals surface area contributed by atoms with Crippen molar-refractivity contribution in [3.05, 3.63) is 29.8 Å². The molecule has 1 fully saturated rings. The number of hydrogen-bond acceptors (Lipinski definition) is 3. The zero-order valence-electron chi connectivity index (χ0n) is 15.4. The number of halogens is 3. The maximum Gasteiger partial charge on any atom is 0.191 e. The minimum Gasteiger partial charge on any atom is -0.380 e. The van der Waals surface area contributed by atoms with Gasteiger partial charge in [0.25, 0.3) is 0 Å². The van der Waals surface area contributed by atoms with Crippen LogP contribution in [0.1, 0.15) is 26.2 Å². The van der Waals surface area contributed by atoms with Crippen LogP contribution in [0, 0.1) is 11.6 Å². The fourth-order valence-corrected chi connectivity index (χ4v) is 2.85. The third kappa shape index (κ3) is 6.86. The molecule has 1 aromatic carbocycles. The van der Waals surface area contributed by atoms with Crippen LogP contribution in [-0.2, 0) is 4.74 Å². The number of guanidine groups is 1. The van der Waals surface area contributed by atoms with Crippen LogP contribution in [0.4, 0.5) is 14.5 Å². The number of unbranched alkanes of at least 4 members (excludes halogenated alkanes) is 1. The zero-order chi connectivity index (χ0) is 18.1. The first-order valence-electron chi connectivity index (χ1n) is 8.89. The summed E-state index contributed by atoms with van der Waals surface area (Å²) >= 11 is 0. The van der Waals surface area contributed by atoms with E-state index in [2.05, 4.69) is 22.5 Å². The van der Waals surface area contributed by atoms with Gasteiger partial charge < -0.3 is 20.3 Å². The Labute approximate surface area is 171 Å². The number of aliphatic imine (C=N–C) groups is 1. The van der Waals surface area contributed by atoms with Crippen LogP contribution in [0.15, 0.2) is 23.2 Å². The van der Waals surface area contributed by atoms with Crippen molar-refractivity contribution in [1.82, 2.24) is 10.6 Å². The molecule has 0 aromatic heterocycles. The second-order valence-corrected chi connectivity index (χ2v) is 6.11. The van der Waals surface area contributed by atoms with Crippen molar-refractivity contribution in [2.75, 3.05) is 44.8 Å². The van der Waals surface area contributed by atoms with Crippen molar-refractivity contribution in [1.29, 1.82) is 0 Å². The lowest BCUT2D eigenvalue weighted by molar-refractivity contribution is 0.136. The molecule has 1 heterocycles. The summed E-state index contributed by atoms with van der Waals surface area (Å²) in [7, 11) is 1.70. The number of nitrogens with zero attached hydrogens (tertiary/aromatic N) is 2. The summed E-state index contributed by atoms with van der Waals surface area (Å²) in [5.74, 6) is -0.361. The second-order valence-electron chi connectivity index (χ2n) is 6.11. The first kappa shape index (κ1) is 22.9. The maximum atomic E-state index is 13.9. The average molecular weight is 482 g/mol. The topological polar surface area (TPSA) is 48.9 Å². The van der Waals surface area contributed by atoms with Crippen LogP contribution in [-0.4, -0.2) is 51.9 Å². The van der Waals surface area contributed by atoms with E-state index >= 15 is 0 Å². The number of benzene rings is 1. The Morgan fingerprint density at radius 2 is 2.04 bits per heavy atom. The van der Waals surface area contributed by atoms with Gasteiger partial charge in [0.2, 0.25) is 0 Å². The lowest BCUT2D eigenvalue weighted by Crippen LogP contribution is -2.45. The molecule has 0 radical (unpaired) electrons. The fraction of sp³-hybridized carbons (Fsp3) is 0.611. The van der Waals surface area contributed by atoms with Gasteiger partial charge in [-0.3, -0.25) is 4.99 Å². The molecule has 0 spiro atoms. The van der Waals surface area contributed by atoms with E-state index in [1.165, 1.54) is 18.2 Å². The predicted octanol–water partition coefficient (Wildman–Crippen LogP) is 3.14. The van der Waals surface area contributed by atoms with Crippen LogP contribution in [0.3, 0.4) is 0 Å². The van der Waals surface area contributed by atoms with Gasteiger partial charge in [0.15, 0.2) is 5.96 Å². The highest BCUT2D eigenvalue weighted by Crippen LogP contribution is 2.26. The van der Waals surface area contributed by atoms with Gasteiger partial charge >= 0.3 is 0 Å². The van der Waals surface area contributed by atoms with Crippen LogP contribution in [0.5, 0.6) is 0 Å². The highest BCUT2D eigenvalue weighted by molar-refractivity contribution is 14.0. The second kappa shape index (κ2) is 12.3. The van der Waals surface area contributed by atoms with Crippen molar-refractivity contribution in [3.8, 4) is 0 Å². The molecule has 0 aliphatic carbocycles. The Bertz CT molecular complexity index is 554. The Hall–Kier alpha value is -1.16. The van der Waals surface area contributed by atoms with Gasteiger partial charge in [-0.2, -0.15) is 0 Å². The van der Waals surface area contributed by atoms with Gasteiger partial charge in [0, 0.05) is 39.3 Å². The molecule has 0 amide bonds. The molecule has 1 atom stereocenters. The van der Waals surface area contributed by atoms with Crippen molar-refractivity contribution >= 4 is 35.6 Å².